The third-order valence-electron chi connectivity index (χ3n) is 2.44. The molecule has 0 unspecified atom stereocenters. The fraction of sp³-hybridized carbons (Fsp3) is 0.833. The fourth-order valence-corrected chi connectivity index (χ4v) is 1.50. The molecule has 106 valence electrons. The monoisotopic (exact) mass is 260 g/mol. The molecule has 0 heterocycles. The number of nitrogens with one attached hydrogen (secondary N) is 1. The number of methoxy groups -OCH3 is 1. The van der Waals surface area contributed by atoms with Crippen molar-refractivity contribution in [2.75, 3.05) is 26.8 Å². The smallest absolute Gasteiger partial charge is 0.326 e. The number of amides is 2. The second-order valence-corrected chi connectivity index (χ2v) is 4.58. The number of carboxylic acid groups (broad SMARTS) is 1. The Hall–Kier alpha value is -1.30. The fourth-order valence-electron chi connectivity index (χ4n) is 1.50. The van der Waals surface area contributed by atoms with E-state index >= 15 is 0 Å². The second kappa shape index (κ2) is 8.74. The van der Waals surface area contributed by atoms with Gasteiger partial charge < -0.3 is 20.1 Å². The van der Waals surface area contributed by atoms with Crippen LogP contribution in [0.4, 0.5) is 4.79 Å². The first kappa shape index (κ1) is 16.7. The van der Waals surface area contributed by atoms with Crippen LogP contribution in [0.2, 0.25) is 0 Å². The van der Waals surface area contributed by atoms with Crippen molar-refractivity contribution in [2.24, 2.45) is 5.92 Å². The summed E-state index contributed by atoms with van der Waals surface area (Å²) in [5.74, 6) is -0.695. The molecule has 0 aromatic rings. The predicted octanol–water partition coefficient (Wildman–Crippen LogP) is 1.16. The summed E-state index contributed by atoms with van der Waals surface area (Å²) in [6, 6.07) is -1.19. The number of rotatable bonds is 8. The first-order valence-electron chi connectivity index (χ1n) is 6.19. The molecule has 0 aromatic carbocycles. The lowest BCUT2D eigenvalue weighted by atomic mass is 10.2. The van der Waals surface area contributed by atoms with Crippen molar-refractivity contribution in [1.29, 1.82) is 0 Å². The molecule has 0 rings (SSSR count). The Morgan fingerprint density at radius 2 is 2.00 bits per heavy atom. The van der Waals surface area contributed by atoms with E-state index in [1.165, 1.54) is 0 Å². The number of hydrogen-bond acceptors (Lipinski definition) is 3. The Bertz CT molecular complexity index is 269. The summed E-state index contributed by atoms with van der Waals surface area (Å²) in [4.78, 5) is 24.4. The normalized spacial score (nSPS) is 12.3. The van der Waals surface area contributed by atoms with E-state index in [1.807, 2.05) is 13.8 Å². The van der Waals surface area contributed by atoms with Gasteiger partial charge in [-0.2, -0.15) is 0 Å². The maximum atomic E-state index is 12.0. The van der Waals surface area contributed by atoms with Gasteiger partial charge in [0.15, 0.2) is 0 Å². The lowest BCUT2D eigenvalue weighted by Gasteiger charge is -2.26. The van der Waals surface area contributed by atoms with Crippen molar-refractivity contribution in [3.63, 3.8) is 0 Å². The third-order valence-corrected chi connectivity index (χ3v) is 2.44. The van der Waals surface area contributed by atoms with Crippen molar-refractivity contribution in [3.8, 4) is 0 Å². The number of nitrogens with zero attached hydrogens (tertiary/aromatic N) is 1. The van der Waals surface area contributed by atoms with E-state index in [-0.39, 0.29) is 6.03 Å². The lowest BCUT2D eigenvalue weighted by Crippen LogP contribution is -2.49. The highest BCUT2D eigenvalue weighted by Crippen LogP contribution is 2.01. The predicted molar refractivity (Wildman–Crippen MR) is 68.5 cm³/mol. The molecule has 2 amide bonds. The number of carbonyl (C=O) groups is 2. The standard InChI is InChI=1S/C12H24N2O4/c1-5-10(11(15)16)13-12(17)14(6-7-18-4)8-9(2)3/h9-10H,5-8H2,1-4H3,(H,13,17)(H,15,16)/t10-/m0/s1. The van der Waals surface area contributed by atoms with E-state index in [0.29, 0.717) is 32.0 Å². The molecule has 6 heteroatoms. The Morgan fingerprint density at radius 3 is 2.39 bits per heavy atom. The molecule has 18 heavy (non-hydrogen) atoms. The van der Waals surface area contributed by atoms with Gasteiger partial charge in [0.25, 0.3) is 0 Å². The number of carbonyl (C=O) groups excluding carboxylic acids is 1. The number of carboxylic acids is 1. The molecule has 0 saturated heterocycles. The van der Waals surface area contributed by atoms with E-state index in [4.69, 9.17) is 9.84 Å². The molecule has 0 aromatic heterocycles. The summed E-state index contributed by atoms with van der Waals surface area (Å²) in [6.45, 7) is 7.19. The Labute approximate surface area is 108 Å². The molecule has 0 aliphatic carbocycles. The molecule has 0 spiro atoms. The second-order valence-electron chi connectivity index (χ2n) is 4.58. The van der Waals surface area contributed by atoms with Gasteiger partial charge in [-0.05, 0) is 12.3 Å². The van der Waals surface area contributed by atoms with Gasteiger partial charge in [-0.1, -0.05) is 20.8 Å². The van der Waals surface area contributed by atoms with Gasteiger partial charge in [-0.15, -0.1) is 0 Å². The number of urea groups is 1. The minimum atomic E-state index is -1.01. The van der Waals surface area contributed by atoms with Crippen LogP contribution in [0.15, 0.2) is 0 Å². The maximum absolute atomic E-state index is 12.0. The highest BCUT2D eigenvalue weighted by Gasteiger charge is 2.21. The van der Waals surface area contributed by atoms with Crippen LogP contribution >= 0.6 is 0 Å². The first-order chi connectivity index (χ1) is 8.42. The molecule has 6 nitrogen and oxygen atoms in total. The topological polar surface area (TPSA) is 78.9 Å². The number of hydrogen-bond donors (Lipinski definition) is 2. The number of aliphatic carboxylic acids is 1. The van der Waals surface area contributed by atoms with Gasteiger partial charge in [0.2, 0.25) is 0 Å². The van der Waals surface area contributed by atoms with Gasteiger partial charge in [0.1, 0.15) is 6.04 Å². The van der Waals surface area contributed by atoms with Gasteiger partial charge in [0.05, 0.1) is 6.61 Å². The summed E-state index contributed by atoms with van der Waals surface area (Å²) >= 11 is 0. The zero-order valence-corrected chi connectivity index (χ0v) is 11.6. The zero-order valence-electron chi connectivity index (χ0n) is 11.6. The largest absolute Gasteiger partial charge is 0.480 e. The van der Waals surface area contributed by atoms with Crippen LogP contribution in [0.25, 0.3) is 0 Å². The molecular formula is C12H24N2O4. The Balaban J connectivity index is 4.47. The van der Waals surface area contributed by atoms with E-state index < -0.39 is 12.0 Å². The first-order valence-corrected chi connectivity index (χ1v) is 6.19. The summed E-state index contributed by atoms with van der Waals surface area (Å²) in [5.41, 5.74) is 0. The summed E-state index contributed by atoms with van der Waals surface area (Å²) in [7, 11) is 1.57. The van der Waals surface area contributed by atoms with Gasteiger partial charge in [-0.25, -0.2) is 9.59 Å². The Kier molecular flexibility index (Phi) is 8.11. The van der Waals surface area contributed by atoms with Crippen molar-refractivity contribution in [3.05, 3.63) is 0 Å². The molecule has 0 fully saturated rings. The third kappa shape index (κ3) is 6.44. The van der Waals surface area contributed by atoms with Crippen LogP contribution in [0.5, 0.6) is 0 Å². The van der Waals surface area contributed by atoms with Gasteiger partial charge >= 0.3 is 12.0 Å². The average molecular weight is 260 g/mol. The van der Waals surface area contributed by atoms with Crippen molar-refractivity contribution < 1.29 is 19.4 Å². The van der Waals surface area contributed by atoms with Crippen LogP contribution in [0, 0.1) is 5.92 Å². The van der Waals surface area contributed by atoms with Crippen LogP contribution in [0.1, 0.15) is 27.2 Å². The molecule has 0 saturated carbocycles. The zero-order chi connectivity index (χ0) is 14.1. The average Bonchev–Trinajstić information content (AvgIpc) is 2.30. The summed E-state index contributed by atoms with van der Waals surface area (Å²) in [6.07, 6.45) is 0.362. The van der Waals surface area contributed by atoms with E-state index in [9.17, 15) is 9.59 Å². The molecule has 0 bridgehead atoms. The number of ether oxygens (including phenoxy) is 1. The summed E-state index contributed by atoms with van der Waals surface area (Å²) in [5, 5.41) is 11.4. The Morgan fingerprint density at radius 1 is 1.39 bits per heavy atom. The van der Waals surface area contributed by atoms with Crippen LogP contribution in [-0.2, 0) is 9.53 Å². The van der Waals surface area contributed by atoms with Gasteiger partial charge in [-0.3, -0.25) is 0 Å². The van der Waals surface area contributed by atoms with Gasteiger partial charge in [0, 0.05) is 20.2 Å². The summed E-state index contributed by atoms with van der Waals surface area (Å²) < 4.78 is 4.94. The van der Waals surface area contributed by atoms with E-state index in [2.05, 4.69) is 5.32 Å². The van der Waals surface area contributed by atoms with Crippen molar-refractivity contribution in [1.82, 2.24) is 10.2 Å². The van der Waals surface area contributed by atoms with Crippen molar-refractivity contribution >= 4 is 12.0 Å². The molecule has 0 aliphatic heterocycles. The molecular weight excluding hydrogens is 236 g/mol. The van der Waals surface area contributed by atoms with E-state index in [0.717, 1.165) is 0 Å². The molecule has 0 radical (unpaired) electrons. The maximum Gasteiger partial charge on any atom is 0.326 e. The van der Waals surface area contributed by atoms with Crippen molar-refractivity contribution in [2.45, 2.75) is 33.2 Å². The van der Waals surface area contributed by atoms with Crippen LogP contribution in [-0.4, -0.2) is 54.9 Å². The van der Waals surface area contributed by atoms with Crippen LogP contribution < -0.4 is 5.32 Å². The van der Waals surface area contributed by atoms with Crippen LogP contribution in [0.3, 0.4) is 0 Å². The molecule has 2 N–H and O–H groups in total. The minimum Gasteiger partial charge on any atom is -0.480 e. The molecule has 1 atom stereocenters. The quantitative estimate of drug-likeness (QED) is 0.686. The lowest BCUT2D eigenvalue weighted by molar-refractivity contribution is -0.139. The minimum absolute atomic E-state index is 0.317. The SMILES string of the molecule is CC[C@H](NC(=O)N(CCOC)CC(C)C)C(=O)O. The van der Waals surface area contributed by atoms with E-state index in [1.54, 1.807) is 18.9 Å². The molecule has 0 aliphatic rings. The highest BCUT2D eigenvalue weighted by atomic mass is 16.5. The highest BCUT2D eigenvalue weighted by molar-refractivity contribution is 5.82.